The molecule has 0 aliphatic carbocycles. The highest BCUT2D eigenvalue weighted by Crippen LogP contribution is 2.23. The van der Waals surface area contributed by atoms with Gasteiger partial charge in [0, 0.05) is 31.1 Å². The number of carbonyl (C=O) groups is 1. The molecule has 2 aromatic rings. The van der Waals surface area contributed by atoms with Crippen molar-refractivity contribution in [3.63, 3.8) is 0 Å². The van der Waals surface area contributed by atoms with Gasteiger partial charge in [-0.15, -0.1) is 0 Å². The molecule has 0 saturated carbocycles. The van der Waals surface area contributed by atoms with Crippen molar-refractivity contribution in [2.75, 3.05) is 32.8 Å². The van der Waals surface area contributed by atoms with E-state index >= 15 is 0 Å². The third-order valence-electron chi connectivity index (χ3n) is 4.60. The zero-order valence-corrected chi connectivity index (χ0v) is 15.8. The van der Waals surface area contributed by atoms with Crippen LogP contribution in [0.2, 0.25) is 5.02 Å². The van der Waals surface area contributed by atoms with Crippen LogP contribution in [0.25, 0.3) is 0 Å². The molecule has 140 valence electrons. The molecule has 1 N–H and O–H groups in total. The number of nitrogens with zero attached hydrogens (tertiary/aromatic N) is 1. The molecule has 1 fully saturated rings. The lowest BCUT2D eigenvalue weighted by atomic mass is 10.1. The monoisotopic (exact) mass is 376 g/mol. The molecule has 1 unspecified atom stereocenters. The van der Waals surface area contributed by atoms with Crippen molar-refractivity contribution in [1.29, 1.82) is 0 Å². The van der Waals surface area contributed by atoms with E-state index in [-0.39, 0.29) is 11.9 Å². The molecule has 2 heterocycles. The summed E-state index contributed by atoms with van der Waals surface area (Å²) in [6.45, 7) is 5.55. The molecule has 1 atom stereocenters. The first-order valence-corrected chi connectivity index (χ1v) is 9.39. The Labute approximate surface area is 159 Å². The van der Waals surface area contributed by atoms with Gasteiger partial charge >= 0.3 is 0 Å². The summed E-state index contributed by atoms with van der Waals surface area (Å²) in [5.41, 5.74) is 1.07. The maximum absolute atomic E-state index is 12.3. The van der Waals surface area contributed by atoms with Crippen LogP contribution in [-0.2, 0) is 16.0 Å². The fourth-order valence-corrected chi connectivity index (χ4v) is 3.39. The molecule has 1 aromatic carbocycles. The smallest absolute Gasteiger partial charge is 0.220 e. The minimum atomic E-state index is 0.0303. The Morgan fingerprint density at radius 3 is 2.77 bits per heavy atom. The van der Waals surface area contributed by atoms with Crippen molar-refractivity contribution < 1.29 is 13.9 Å². The molecule has 0 bridgehead atoms. The Balaban J connectivity index is 1.55. The van der Waals surface area contributed by atoms with E-state index in [1.54, 1.807) is 0 Å². The molecular formula is C20H25ClN2O3. The predicted octanol–water partition coefficient (Wildman–Crippen LogP) is 3.36. The molecule has 1 aliphatic heterocycles. The Hall–Kier alpha value is -1.82. The summed E-state index contributed by atoms with van der Waals surface area (Å²) in [5, 5.41) is 3.76. The van der Waals surface area contributed by atoms with E-state index in [2.05, 4.69) is 10.2 Å². The Kier molecular flexibility index (Phi) is 6.72. The van der Waals surface area contributed by atoms with Crippen molar-refractivity contribution in [2.45, 2.75) is 25.8 Å². The van der Waals surface area contributed by atoms with Gasteiger partial charge in [-0.2, -0.15) is 0 Å². The van der Waals surface area contributed by atoms with Gasteiger partial charge in [0.1, 0.15) is 11.5 Å². The third kappa shape index (κ3) is 5.34. The lowest BCUT2D eigenvalue weighted by Gasteiger charge is -2.33. The van der Waals surface area contributed by atoms with Crippen LogP contribution >= 0.6 is 11.6 Å². The molecule has 1 amide bonds. The highest BCUT2D eigenvalue weighted by atomic mass is 35.5. The van der Waals surface area contributed by atoms with Crippen molar-refractivity contribution in [3.8, 4) is 0 Å². The van der Waals surface area contributed by atoms with Crippen LogP contribution < -0.4 is 5.32 Å². The minimum absolute atomic E-state index is 0.0303. The summed E-state index contributed by atoms with van der Waals surface area (Å²) in [4.78, 5) is 14.6. The summed E-state index contributed by atoms with van der Waals surface area (Å²) >= 11 is 5.99. The van der Waals surface area contributed by atoms with Gasteiger partial charge in [-0.1, -0.05) is 23.7 Å². The van der Waals surface area contributed by atoms with E-state index in [4.69, 9.17) is 20.8 Å². The molecule has 3 rings (SSSR count). The van der Waals surface area contributed by atoms with Crippen LogP contribution in [0, 0.1) is 6.92 Å². The van der Waals surface area contributed by atoms with Crippen molar-refractivity contribution in [1.82, 2.24) is 10.2 Å². The first-order valence-electron chi connectivity index (χ1n) is 9.01. The average Bonchev–Trinajstić information content (AvgIpc) is 3.07. The highest BCUT2D eigenvalue weighted by molar-refractivity contribution is 6.30. The van der Waals surface area contributed by atoms with Gasteiger partial charge in [-0.25, -0.2) is 0 Å². The van der Waals surface area contributed by atoms with Crippen molar-refractivity contribution >= 4 is 17.5 Å². The molecular weight excluding hydrogens is 352 g/mol. The van der Waals surface area contributed by atoms with Crippen LogP contribution in [0.15, 0.2) is 40.8 Å². The fourth-order valence-electron chi connectivity index (χ4n) is 3.18. The van der Waals surface area contributed by atoms with Crippen LogP contribution in [0.4, 0.5) is 0 Å². The fraction of sp³-hybridized carbons (Fsp3) is 0.450. The number of rotatable bonds is 7. The number of carbonyl (C=O) groups excluding carboxylic acids is 1. The van der Waals surface area contributed by atoms with Crippen LogP contribution in [0.1, 0.15) is 29.5 Å². The number of hydrogen-bond acceptors (Lipinski definition) is 4. The number of furan rings is 1. The van der Waals surface area contributed by atoms with Gasteiger partial charge in [0.15, 0.2) is 0 Å². The zero-order valence-electron chi connectivity index (χ0n) is 15.0. The standard InChI is InChI=1S/C20H25ClN2O3/c1-15-5-7-19(26-15)18(23-9-11-25-12-10-23)14-22-20(24)8-6-16-3-2-4-17(21)13-16/h2-5,7,13,18H,6,8-12,14H2,1H3,(H,22,24). The summed E-state index contributed by atoms with van der Waals surface area (Å²) in [6, 6.07) is 11.6. The summed E-state index contributed by atoms with van der Waals surface area (Å²) in [5.74, 6) is 1.80. The first-order chi connectivity index (χ1) is 12.6. The minimum Gasteiger partial charge on any atom is -0.465 e. The predicted molar refractivity (Wildman–Crippen MR) is 101 cm³/mol. The van der Waals surface area contributed by atoms with Crippen LogP contribution in [0.5, 0.6) is 0 Å². The second-order valence-electron chi connectivity index (χ2n) is 6.55. The van der Waals surface area contributed by atoms with Gasteiger partial charge < -0.3 is 14.5 Å². The number of morpholine rings is 1. The highest BCUT2D eigenvalue weighted by Gasteiger charge is 2.25. The SMILES string of the molecule is Cc1ccc(C(CNC(=O)CCc2cccc(Cl)c2)N2CCOCC2)o1. The number of aryl methyl sites for hydroxylation is 2. The summed E-state index contributed by atoms with van der Waals surface area (Å²) in [6.07, 6.45) is 1.11. The van der Waals surface area contributed by atoms with Crippen molar-refractivity contribution in [2.24, 2.45) is 0 Å². The van der Waals surface area contributed by atoms with E-state index in [9.17, 15) is 4.79 Å². The molecule has 6 heteroatoms. The van der Waals surface area contributed by atoms with Gasteiger partial charge in [-0.3, -0.25) is 9.69 Å². The van der Waals surface area contributed by atoms with Crippen LogP contribution in [0.3, 0.4) is 0 Å². The maximum atomic E-state index is 12.3. The van der Waals surface area contributed by atoms with Gasteiger partial charge in [0.2, 0.25) is 5.91 Å². The van der Waals surface area contributed by atoms with E-state index in [1.165, 1.54) is 0 Å². The maximum Gasteiger partial charge on any atom is 0.220 e. The van der Waals surface area contributed by atoms with E-state index in [1.807, 2.05) is 43.3 Å². The van der Waals surface area contributed by atoms with E-state index < -0.39 is 0 Å². The topological polar surface area (TPSA) is 54.7 Å². The van der Waals surface area contributed by atoms with Gasteiger partial charge in [-0.05, 0) is 43.2 Å². The van der Waals surface area contributed by atoms with Gasteiger partial charge in [0.05, 0.1) is 19.3 Å². The number of halogens is 1. The molecule has 0 radical (unpaired) electrons. The number of nitrogens with one attached hydrogen (secondary N) is 1. The van der Waals surface area contributed by atoms with Gasteiger partial charge in [0.25, 0.3) is 0 Å². The first kappa shape index (κ1) is 19.0. The molecule has 1 aliphatic rings. The molecule has 5 nitrogen and oxygen atoms in total. The normalized spacial score (nSPS) is 16.4. The molecule has 1 saturated heterocycles. The van der Waals surface area contributed by atoms with E-state index in [0.29, 0.717) is 37.6 Å². The zero-order chi connectivity index (χ0) is 18.4. The lowest BCUT2D eigenvalue weighted by Crippen LogP contribution is -2.43. The average molecular weight is 377 g/mol. The Morgan fingerprint density at radius 1 is 1.27 bits per heavy atom. The quantitative estimate of drug-likeness (QED) is 0.805. The van der Waals surface area contributed by atoms with Crippen LogP contribution in [-0.4, -0.2) is 43.7 Å². The molecule has 26 heavy (non-hydrogen) atoms. The van der Waals surface area contributed by atoms with E-state index in [0.717, 1.165) is 30.2 Å². The summed E-state index contributed by atoms with van der Waals surface area (Å²) in [7, 11) is 0. The number of benzene rings is 1. The number of hydrogen-bond donors (Lipinski definition) is 1. The third-order valence-corrected chi connectivity index (χ3v) is 4.83. The lowest BCUT2D eigenvalue weighted by molar-refractivity contribution is -0.121. The number of ether oxygens (including phenoxy) is 1. The molecule has 1 aromatic heterocycles. The molecule has 0 spiro atoms. The van der Waals surface area contributed by atoms with Crippen molar-refractivity contribution in [3.05, 3.63) is 58.5 Å². The Morgan fingerprint density at radius 2 is 2.08 bits per heavy atom. The second-order valence-corrected chi connectivity index (χ2v) is 6.98. The largest absolute Gasteiger partial charge is 0.465 e. The summed E-state index contributed by atoms with van der Waals surface area (Å²) < 4.78 is 11.3. The number of amides is 1. The second kappa shape index (κ2) is 9.21. The Bertz CT molecular complexity index is 725.